The third-order valence-electron chi connectivity index (χ3n) is 2.67. The molecule has 0 aliphatic carbocycles. The van der Waals surface area contributed by atoms with Gasteiger partial charge in [0.05, 0.1) is 6.54 Å². The van der Waals surface area contributed by atoms with Crippen LogP contribution in [0.5, 0.6) is 5.75 Å². The van der Waals surface area contributed by atoms with Gasteiger partial charge in [0, 0.05) is 13.1 Å². The monoisotopic (exact) mass is 351 g/mol. The fourth-order valence-electron chi connectivity index (χ4n) is 1.65. The van der Waals surface area contributed by atoms with Crippen LogP contribution in [0.3, 0.4) is 0 Å². The number of carbonyl (C=O) groups excluding carboxylic acids is 3. The van der Waals surface area contributed by atoms with Crippen LogP contribution in [0.2, 0.25) is 0 Å². The molecule has 0 aromatic heterocycles. The largest absolute Gasteiger partial charge is 0.484 e. The quantitative estimate of drug-likeness (QED) is 0.602. The van der Waals surface area contributed by atoms with E-state index < -0.39 is 11.7 Å². The molecule has 0 bridgehead atoms. The third kappa shape index (κ3) is 10.6. The van der Waals surface area contributed by atoms with Gasteiger partial charge in [-0.3, -0.25) is 9.59 Å². The van der Waals surface area contributed by atoms with Crippen molar-refractivity contribution in [2.24, 2.45) is 0 Å². The number of ether oxygens (including phenoxy) is 2. The van der Waals surface area contributed by atoms with E-state index in [-0.39, 0.29) is 38.1 Å². The lowest BCUT2D eigenvalue weighted by Gasteiger charge is -2.19. The highest BCUT2D eigenvalue weighted by Gasteiger charge is 2.16. The van der Waals surface area contributed by atoms with Gasteiger partial charge in [-0.15, -0.1) is 0 Å². The van der Waals surface area contributed by atoms with E-state index in [1.54, 1.807) is 32.9 Å². The van der Waals surface area contributed by atoms with Crippen molar-refractivity contribution in [3.8, 4) is 5.75 Å². The van der Waals surface area contributed by atoms with Gasteiger partial charge in [-0.1, -0.05) is 18.2 Å². The summed E-state index contributed by atoms with van der Waals surface area (Å²) < 4.78 is 10.3. The van der Waals surface area contributed by atoms with Crippen molar-refractivity contribution in [1.82, 2.24) is 16.0 Å². The van der Waals surface area contributed by atoms with Crippen molar-refractivity contribution in [2.75, 3.05) is 26.2 Å². The molecule has 0 unspecified atom stereocenters. The van der Waals surface area contributed by atoms with E-state index in [4.69, 9.17) is 9.47 Å². The number of carbonyl (C=O) groups is 3. The summed E-state index contributed by atoms with van der Waals surface area (Å²) in [6.45, 7) is 5.41. The summed E-state index contributed by atoms with van der Waals surface area (Å²) in [5.74, 6) is -0.0511. The maximum Gasteiger partial charge on any atom is 0.408 e. The average Bonchev–Trinajstić information content (AvgIpc) is 2.54. The number of rotatable bonds is 8. The van der Waals surface area contributed by atoms with Crippen LogP contribution >= 0.6 is 0 Å². The Bertz CT molecular complexity index is 569. The van der Waals surface area contributed by atoms with E-state index in [2.05, 4.69) is 16.0 Å². The molecule has 3 N–H and O–H groups in total. The van der Waals surface area contributed by atoms with E-state index in [1.807, 2.05) is 18.2 Å². The zero-order chi connectivity index (χ0) is 18.7. The maximum atomic E-state index is 11.6. The Labute approximate surface area is 147 Å². The molecule has 0 atom stereocenters. The van der Waals surface area contributed by atoms with Gasteiger partial charge in [0.15, 0.2) is 6.61 Å². The number of hydrogen-bond donors (Lipinski definition) is 3. The summed E-state index contributed by atoms with van der Waals surface area (Å²) in [4.78, 5) is 34.5. The minimum atomic E-state index is -0.658. The standard InChI is InChI=1S/C17H25N3O5/c1-17(2,3)25-16(23)20-11-14(21)18-9-10-19-15(22)12-24-13-7-5-4-6-8-13/h4-8H,9-12H2,1-3H3,(H,18,21)(H,19,22)(H,20,23). The molecule has 0 radical (unpaired) electrons. The average molecular weight is 351 g/mol. The number of amides is 3. The highest BCUT2D eigenvalue weighted by Crippen LogP contribution is 2.07. The Morgan fingerprint density at radius 1 is 0.920 bits per heavy atom. The first-order valence-corrected chi connectivity index (χ1v) is 7.94. The van der Waals surface area contributed by atoms with Crippen molar-refractivity contribution in [1.29, 1.82) is 0 Å². The number of alkyl carbamates (subject to hydrolysis) is 1. The van der Waals surface area contributed by atoms with Gasteiger partial charge in [-0.2, -0.15) is 0 Å². The molecule has 0 saturated carbocycles. The Balaban J connectivity index is 2.07. The van der Waals surface area contributed by atoms with E-state index in [1.165, 1.54) is 0 Å². The summed E-state index contributed by atoms with van der Waals surface area (Å²) >= 11 is 0. The molecule has 0 aliphatic heterocycles. The molecule has 0 fully saturated rings. The smallest absolute Gasteiger partial charge is 0.408 e. The number of hydrogen-bond acceptors (Lipinski definition) is 5. The molecule has 0 aliphatic rings. The Kier molecular flexibility index (Phi) is 8.25. The van der Waals surface area contributed by atoms with Crippen LogP contribution in [-0.2, 0) is 14.3 Å². The number of benzene rings is 1. The van der Waals surface area contributed by atoms with Gasteiger partial charge in [0.1, 0.15) is 11.4 Å². The molecular weight excluding hydrogens is 326 g/mol. The molecule has 3 amide bonds. The molecule has 1 rings (SSSR count). The summed E-state index contributed by atoms with van der Waals surface area (Å²) in [6, 6.07) is 8.99. The summed E-state index contributed by atoms with van der Waals surface area (Å²) in [6.07, 6.45) is -0.658. The molecule has 138 valence electrons. The van der Waals surface area contributed by atoms with Gasteiger partial charge < -0.3 is 25.4 Å². The van der Waals surface area contributed by atoms with Crippen LogP contribution in [0.1, 0.15) is 20.8 Å². The van der Waals surface area contributed by atoms with Crippen LogP contribution in [0, 0.1) is 0 Å². The highest BCUT2D eigenvalue weighted by atomic mass is 16.6. The summed E-state index contributed by atoms with van der Waals surface area (Å²) in [5.41, 5.74) is -0.618. The first-order chi connectivity index (χ1) is 11.8. The lowest BCUT2D eigenvalue weighted by Crippen LogP contribution is -2.42. The Hall–Kier alpha value is -2.77. The molecule has 0 spiro atoms. The second kappa shape index (κ2) is 10.2. The first-order valence-electron chi connectivity index (χ1n) is 7.94. The van der Waals surface area contributed by atoms with Gasteiger partial charge >= 0.3 is 6.09 Å². The number of nitrogens with one attached hydrogen (secondary N) is 3. The lowest BCUT2D eigenvalue weighted by atomic mass is 10.2. The SMILES string of the molecule is CC(C)(C)OC(=O)NCC(=O)NCCNC(=O)COc1ccccc1. The molecule has 0 heterocycles. The fourth-order valence-corrected chi connectivity index (χ4v) is 1.65. The molecule has 8 nitrogen and oxygen atoms in total. The predicted octanol–water partition coefficient (Wildman–Crippen LogP) is 0.823. The van der Waals surface area contributed by atoms with E-state index >= 15 is 0 Å². The lowest BCUT2D eigenvalue weighted by molar-refractivity contribution is -0.123. The van der Waals surface area contributed by atoms with Gasteiger partial charge in [-0.25, -0.2) is 4.79 Å². The van der Waals surface area contributed by atoms with Crippen LogP contribution in [0.15, 0.2) is 30.3 Å². The van der Waals surface area contributed by atoms with Crippen molar-refractivity contribution < 1.29 is 23.9 Å². The van der Waals surface area contributed by atoms with Crippen LogP contribution in [-0.4, -0.2) is 49.7 Å². The Morgan fingerprint density at radius 2 is 1.52 bits per heavy atom. The van der Waals surface area contributed by atoms with Crippen LogP contribution in [0.4, 0.5) is 4.79 Å². The number of para-hydroxylation sites is 1. The highest BCUT2D eigenvalue weighted by molar-refractivity contribution is 5.82. The topological polar surface area (TPSA) is 106 Å². The zero-order valence-corrected chi connectivity index (χ0v) is 14.8. The molecule has 0 saturated heterocycles. The van der Waals surface area contributed by atoms with Crippen molar-refractivity contribution in [3.05, 3.63) is 30.3 Å². The Morgan fingerprint density at radius 3 is 2.12 bits per heavy atom. The van der Waals surface area contributed by atoms with Gasteiger partial charge in [0.25, 0.3) is 5.91 Å². The molecule has 1 aromatic rings. The van der Waals surface area contributed by atoms with Gasteiger partial charge in [0.2, 0.25) is 5.91 Å². The van der Waals surface area contributed by atoms with E-state index in [9.17, 15) is 14.4 Å². The molecule has 8 heteroatoms. The van der Waals surface area contributed by atoms with E-state index in [0.717, 1.165) is 0 Å². The van der Waals surface area contributed by atoms with Crippen molar-refractivity contribution in [3.63, 3.8) is 0 Å². The molecular formula is C17H25N3O5. The summed E-state index contributed by atoms with van der Waals surface area (Å²) in [5, 5.41) is 7.53. The second-order valence-corrected chi connectivity index (χ2v) is 6.16. The second-order valence-electron chi connectivity index (χ2n) is 6.16. The van der Waals surface area contributed by atoms with Crippen LogP contribution < -0.4 is 20.7 Å². The van der Waals surface area contributed by atoms with Crippen LogP contribution in [0.25, 0.3) is 0 Å². The zero-order valence-electron chi connectivity index (χ0n) is 14.8. The van der Waals surface area contributed by atoms with Crippen molar-refractivity contribution >= 4 is 17.9 Å². The first kappa shape index (κ1) is 20.3. The third-order valence-corrected chi connectivity index (χ3v) is 2.67. The minimum Gasteiger partial charge on any atom is -0.484 e. The summed E-state index contributed by atoms with van der Waals surface area (Å²) in [7, 11) is 0. The van der Waals surface area contributed by atoms with Gasteiger partial charge in [-0.05, 0) is 32.9 Å². The fraction of sp³-hybridized carbons (Fsp3) is 0.471. The van der Waals surface area contributed by atoms with E-state index in [0.29, 0.717) is 5.75 Å². The maximum absolute atomic E-state index is 11.6. The minimum absolute atomic E-state index is 0.0990. The molecule has 1 aromatic carbocycles. The molecule has 25 heavy (non-hydrogen) atoms. The normalized spacial score (nSPS) is 10.5. The predicted molar refractivity (Wildman–Crippen MR) is 92.2 cm³/mol. The van der Waals surface area contributed by atoms with Crippen molar-refractivity contribution in [2.45, 2.75) is 26.4 Å².